The highest BCUT2D eigenvalue weighted by Gasteiger charge is 2.40. The van der Waals surface area contributed by atoms with Gasteiger partial charge in [-0.05, 0) is 51.2 Å². The summed E-state index contributed by atoms with van der Waals surface area (Å²) < 4.78 is 6.19. The monoisotopic (exact) mass is 366 g/mol. The van der Waals surface area contributed by atoms with Gasteiger partial charge in [-0.25, -0.2) is 0 Å². The van der Waals surface area contributed by atoms with Gasteiger partial charge in [0.1, 0.15) is 17.1 Å². The van der Waals surface area contributed by atoms with Crippen LogP contribution in [0.25, 0.3) is 0 Å². The molecule has 1 N–H and O–H groups in total. The fraction of sp³-hybridized carbons (Fsp3) is 0.520. The molecule has 0 amide bonds. The van der Waals surface area contributed by atoms with Crippen LogP contribution < -0.4 is 4.74 Å². The molecule has 1 heterocycles. The molecule has 3 rings (SSSR count). The van der Waals surface area contributed by atoms with E-state index in [2.05, 4.69) is 79.7 Å². The number of phenolic OH excluding ortho intramolecular Hbond substituents is 1. The van der Waals surface area contributed by atoms with Gasteiger partial charge in [0, 0.05) is 22.6 Å². The zero-order valence-electron chi connectivity index (χ0n) is 18.2. The summed E-state index contributed by atoms with van der Waals surface area (Å²) in [5, 5.41) is 11.2. The first-order valence-corrected chi connectivity index (χ1v) is 10.1. The molecule has 27 heavy (non-hydrogen) atoms. The fourth-order valence-electron chi connectivity index (χ4n) is 4.30. The Labute approximate surface area is 164 Å². The lowest BCUT2D eigenvalue weighted by atomic mass is 9.77. The summed E-state index contributed by atoms with van der Waals surface area (Å²) in [5.74, 6) is 1.60. The van der Waals surface area contributed by atoms with Crippen LogP contribution in [0.15, 0.2) is 24.3 Å². The number of fused-ring (bicyclic) bond motifs is 1. The molecule has 1 aliphatic rings. The third-order valence-corrected chi connectivity index (χ3v) is 5.69. The molecule has 0 bridgehead atoms. The Hall–Kier alpha value is -1.96. The molecule has 2 heteroatoms. The first-order chi connectivity index (χ1) is 12.5. The molecular weight excluding hydrogens is 332 g/mol. The molecular formula is C25H34O2. The summed E-state index contributed by atoms with van der Waals surface area (Å²) >= 11 is 0. The number of hydrogen-bond donors (Lipinski definition) is 1. The number of ether oxygens (including phenoxy) is 1. The van der Waals surface area contributed by atoms with Crippen molar-refractivity contribution in [3.05, 3.63) is 57.6 Å². The SMILES string of the molecule is CCCC(c1cc(C)cc(C(C)(C)C)c1O)c1cc(C)cc2c1OC2(C)C. The zero-order chi connectivity index (χ0) is 20.1. The molecule has 0 aliphatic carbocycles. The van der Waals surface area contributed by atoms with Crippen LogP contribution in [-0.2, 0) is 11.0 Å². The first-order valence-electron chi connectivity index (χ1n) is 10.1. The molecule has 2 aromatic rings. The predicted molar refractivity (Wildman–Crippen MR) is 113 cm³/mol. The highest BCUT2D eigenvalue weighted by Crippen LogP contribution is 2.52. The largest absolute Gasteiger partial charge is 0.507 e. The van der Waals surface area contributed by atoms with E-state index >= 15 is 0 Å². The van der Waals surface area contributed by atoms with E-state index in [1.54, 1.807) is 0 Å². The average molecular weight is 367 g/mol. The number of aromatic hydroxyl groups is 1. The van der Waals surface area contributed by atoms with E-state index in [1.165, 1.54) is 22.3 Å². The van der Waals surface area contributed by atoms with Crippen LogP contribution in [0.3, 0.4) is 0 Å². The summed E-state index contributed by atoms with van der Waals surface area (Å²) in [6, 6.07) is 8.76. The third-order valence-electron chi connectivity index (χ3n) is 5.69. The van der Waals surface area contributed by atoms with Gasteiger partial charge < -0.3 is 9.84 Å². The predicted octanol–water partition coefficient (Wildman–Crippen LogP) is 6.87. The van der Waals surface area contributed by atoms with Crippen LogP contribution in [-0.4, -0.2) is 5.11 Å². The van der Waals surface area contributed by atoms with Crippen molar-refractivity contribution in [2.75, 3.05) is 0 Å². The van der Waals surface area contributed by atoms with Crippen molar-refractivity contribution >= 4 is 0 Å². The van der Waals surface area contributed by atoms with Crippen molar-refractivity contribution in [3.63, 3.8) is 0 Å². The molecule has 0 aromatic heterocycles. The highest BCUT2D eigenvalue weighted by atomic mass is 16.5. The molecule has 0 radical (unpaired) electrons. The van der Waals surface area contributed by atoms with Crippen molar-refractivity contribution < 1.29 is 9.84 Å². The smallest absolute Gasteiger partial charge is 0.132 e. The van der Waals surface area contributed by atoms with Crippen molar-refractivity contribution in [3.8, 4) is 11.5 Å². The van der Waals surface area contributed by atoms with Gasteiger partial charge in [0.25, 0.3) is 0 Å². The average Bonchev–Trinajstić information content (AvgIpc) is 2.55. The van der Waals surface area contributed by atoms with E-state index in [1.807, 2.05) is 0 Å². The van der Waals surface area contributed by atoms with Crippen molar-refractivity contribution in [2.45, 2.75) is 85.2 Å². The molecule has 2 nitrogen and oxygen atoms in total. The number of benzene rings is 2. The Morgan fingerprint density at radius 2 is 1.59 bits per heavy atom. The molecule has 0 saturated carbocycles. The Kier molecular flexibility index (Phi) is 4.82. The summed E-state index contributed by atoms with van der Waals surface area (Å²) in [6.45, 7) is 17.2. The lowest BCUT2D eigenvalue weighted by Gasteiger charge is -2.42. The normalized spacial score (nSPS) is 16.3. The number of rotatable bonds is 4. The van der Waals surface area contributed by atoms with Crippen LogP contribution in [0, 0.1) is 13.8 Å². The van der Waals surface area contributed by atoms with E-state index < -0.39 is 0 Å². The van der Waals surface area contributed by atoms with Gasteiger partial charge in [0.05, 0.1) is 0 Å². The molecule has 0 fully saturated rings. The minimum atomic E-state index is -0.224. The van der Waals surface area contributed by atoms with Crippen molar-refractivity contribution in [1.29, 1.82) is 0 Å². The van der Waals surface area contributed by atoms with Gasteiger partial charge in [-0.1, -0.05) is 63.4 Å². The molecule has 146 valence electrons. The molecule has 0 saturated heterocycles. The minimum Gasteiger partial charge on any atom is -0.507 e. The zero-order valence-corrected chi connectivity index (χ0v) is 18.2. The fourth-order valence-corrected chi connectivity index (χ4v) is 4.30. The topological polar surface area (TPSA) is 29.5 Å². The lowest BCUT2D eigenvalue weighted by molar-refractivity contribution is 0.0494. The van der Waals surface area contributed by atoms with Crippen LogP contribution in [0.5, 0.6) is 11.5 Å². The van der Waals surface area contributed by atoms with Crippen LogP contribution in [0.2, 0.25) is 0 Å². The number of phenols is 1. The highest BCUT2D eigenvalue weighted by molar-refractivity contribution is 5.59. The second kappa shape index (κ2) is 6.58. The number of hydrogen-bond acceptors (Lipinski definition) is 2. The first kappa shape index (κ1) is 19.8. The molecule has 1 aliphatic heterocycles. The maximum atomic E-state index is 11.2. The summed E-state index contributed by atoms with van der Waals surface area (Å²) in [6.07, 6.45) is 2.04. The Balaban J connectivity index is 2.22. The van der Waals surface area contributed by atoms with Gasteiger partial charge in [0.15, 0.2) is 0 Å². The second-order valence-corrected chi connectivity index (χ2v) is 9.68. The van der Waals surface area contributed by atoms with Gasteiger partial charge in [-0.2, -0.15) is 0 Å². The number of aryl methyl sites for hydroxylation is 2. The van der Waals surface area contributed by atoms with E-state index in [4.69, 9.17) is 4.74 Å². The van der Waals surface area contributed by atoms with E-state index in [0.717, 1.165) is 29.7 Å². The Morgan fingerprint density at radius 1 is 1.00 bits per heavy atom. The molecule has 0 spiro atoms. The standard InChI is InChI=1S/C25H34O2/c1-9-10-17(18-11-15(2)13-20(22(18)26)24(4,5)6)19-12-16(3)14-21-23(19)27-25(21,7)8/h11-14,17,26H,9-10H2,1-8H3. The van der Waals surface area contributed by atoms with Crippen molar-refractivity contribution in [2.24, 2.45) is 0 Å². The minimum absolute atomic E-state index is 0.0994. The Bertz CT molecular complexity index is 869. The van der Waals surface area contributed by atoms with E-state index in [0.29, 0.717) is 5.75 Å². The summed E-state index contributed by atoms with van der Waals surface area (Å²) in [4.78, 5) is 0. The third kappa shape index (κ3) is 3.47. The van der Waals surface area contributed by atoms with Gasteiger partial charge in [0.2, 0.25) is 0 Å². The van der Waals surface area contributed by atoms with Gasteiger partial charge >= 0.3 is 0 Å². The molecule has 1 atom stereocenters. The van der Waals surface area contributed by atoms with Crippen molar-refractivity contribution in [1.82, 2.24) is 0 Å². The lowest BCUT2D eigenvalue weighted by Crippen LogP contribution is -2.36. The maximum Gasteiger partial charge on any atom is 0.132 e. The maximum absolute atomic E-state index is 11.2. The van der Waals surface area contributed by atoms with Crippen LogP contribution in [0.4, 0.5) is 0 Å². The van der Waals surface area contributed by atoms with Gasteiger partial charge in [-0.15, -0.1) is 0 Å². The summed E-state index contributed by atoms with van der Waals surface area (Å²) in [7, 11) is 0. The molecule has 1 unspecified atom stereocenters. The van der Waals surface area contributed by atoms with Crippen LogP contribution in [0.1, 0.15) is 93.7 Å². The quantitative estimate of drug-likeness (QED) is 0.640. The second-order valence-electron chi connectivity index (χ2n) is 9.68. The Morgan fingerprint density at radius 3 is 2.15 bits per heavy atom. The van der Waals surface area contributed by atoms with E-state index in [-0.39, 0.29) is 16.9 Å². The molecule has 2 aromatic carbocycles. The van der Waals surface area contributed by atoms with Crippen LogP contribution >= 0.6 is 0 Å². The van der Waals surface area contributed by atoms with E-state index in [9.17, 15) is 5.11 Å². The van der Waals surface area contributed by atoms with Gasteiger partial charge in [-0.3, -0.25) is 0 Å². The summed E-state index contributed by atoms with van der Waals surface area (Å²) in [5.41, 5.74) is 6.67.